The van der Waals surface area contributed by atoms with Crippen LogP contribution in [0.5, 0.6) is 11.5 Å². The molecule has 0 spiro atoms. The second-order valence-corrected chi connectivity index (χ2v) is 10.3. The van der Waals surface area contributed by atoms with Gasteiger partial charge in [0.2, 0.25) is 0 Å². The topological polar surface area (TPSA) is 68.3 Å². The first kappa shape index (κ1) is 25.2. The number of hydrogen-bond donors (Lipinski definition) is 0. The number of ether oxygens (including phenoxy) is 2. The third-order valence-corrected chi connectivity index (χ3v) is 7.47. The number of benzene rings is 2. The van der Waals surface area contributed by atoms with Crippen LogP contribution in [-0.4, -0.2) is 59.3 Å². The first-order chi connectivity index (χ1) is 19.0. The highest BCUT2D eigenvalue weighted by molar-refractivity contribution is 5.87. The summed E-state index contributed by atoms with van der Waals surface area (Å²) in [6.07, 6.45) is 3.10. The zero-order valence-electron chi connectivity index (χ0n) is 23.1. The lowest BCUT2D eigenvalue weighted by atomic mass is 10.1. The minimum atomic E-state index is 0.396. The largest absolute Gasteiger partial charge is 0.497 e. The van der Waals surface area contributed by atoms with E-state index in [0.29, 0.717) is 12.4 Å². The Morgan fingerprint density at radius 1 is 0.974 bits per heavy atom. The number of imidazole rings is 1. The molecule has 3 aromatic heterocycles. The molecular weight excluding hydrogens is 490 g/mol. The first-order valence-electron chi connectivity index (χ1n) is 13.7. The molecule has 8 heteroatoms. The van der Waals surface area contributed by atoms with Crippen molar-refractivity contribution >= 4 is 22.3 Å². The molecule has 39 heavy (non-hydrogen) atoms. The van der Waals surface area contributed by atoms with Crippen molar-refractivity contribution in [2.75, 3.05) is 44.7 Å². The fourth-order valence-electron chi connectivity index (χ4n) is 5.29. The summed E-state index contributed by atoms with van der Waals surface area (Å²) in [6, 6.07) is 16.4. The van der Waals surface area contributed by atoms with Crippen LogP contribution in [-0.2, 0) is 6.61 Å². The Bertz CT molecular complexity index is 1610. The van der Waals surface area contributed by atoms with Gasteiger partial charge in [-0.1, -0.05) is 13.0 Å². The monoisotopic (exact) mass is 525 g/mol. The van der Waals surface area contributed by atoms with Crippen LogP contribution in [0.3, 0.4) is 0 Å². The predicted molar refractivity (Wildman–Crippen MR) is 154 cm³/mol. The number of methoxy groups -OCH3 is 1. The van der Waals surface area contributed by atoms with Crippen molar-refractivity contribution < 1.29 is 13.9 Å². The number of aryl methyl sites for hydroxylation is 2. The molecule has 0 atom stereocenters. The van der Waals surface area contributed by atoms with E-state index in [4.69, 9.17) is 18.9 Å². The van der Waals surface area contributed by atoms with Gasteiger partial charge in [-0.2, -0.15) is 5.10 Å². The van der Waals surface area contributed by atoms with Crippen molar-refractivity contribution in [3.8, 4) is 23.0 Å². The summed E-state index contributed by atoms with van der Waals surface area (Å²) < 4.78 is 20.0. The molecule has 0 amide bonds. The molecule has 202 valence electrons. The quantitative estimate of drug-likeness (QED) is 0.251. The van der Waals surface area contributed by atoms with Crippen LogP contribution in [0.4, 0.5) is 5.69 Å². The van der Waals surface area contributed by atoms with Gasteiger partial charge < -0.3 is 18.8 Å². The Kier molecular flexibility index (Phi) is 6.87. The maximum Gasteiger partial charge on any atom is 0.155 e. The molecule has 1 aliphatic heterocycles. The van der Waals surface area contributed by atoms with Gasteiger partial charge in [0.05, 0.1) is 19.0 Å². The summed E-state index contributed by atoms with van der Waals surface area (Å²) >= 11 is 0. The zero-order valence-corrected chi connectivity index (χ0v) is 23.1. The van der Waals surface area contributed by atoms with E-state index in [0.717, 1.165) is 76.8 Å². The zero-order chi connectivity index (χ0) is 26.9. The third-order valence-electron chi connectivity index (χ3n) is 7.47. The standard InChI is InChI=1S/C31H35N5O3/c1-5-10-34-11-13-35(14-12-34)24-8-6-21(2)28(16-24)38-20-23-15-25(37-4)17-29-26(23)18-30(39-29)27-19-36-31(32-27)9-7-22(3)33-36/h6-9,15-19H,5,10-14,20H2,1-4H3. The highest BCUT2D eigenvalue weighted by Crippen LogP contribution is 2.34. The fraction of sp³-hybridized carbons (Fsp3) is 0.355. The predicted octanol–water partition coefficient (Wildman–Crippen LogP) is 5.88. The number of piperazine rings is 1. The Labute approximate surface area is 228 Å². The Hall–Kier alpha value is -4.04. The molecule has 0 saturated carbocycles. The van der Waals surface area contributed by atoms with Crippen LogP contribution in [0.25, 0.3) is 28.1 Å². The molecule has 0 bridgehead atoms. The van der Waals surface area contributed by atoms with Crippen LogP contribution in [0, 0.1) is 13.8 Å². The van der Waals surface area contributed by atoms with E-state index in [9.17, 15) is 0 Å². The number of nitrogens with zero attached hydrogens (tertiary/aromatic N) is 5. The average Bonchev–Trinajstić information content (AvgIpc) is 3.57. The van der Waals surface area contributed by atoms with E-state index in [-0.39, 0.29) is 0 Å². The molecular formula is C31H35N5O3. The lowest BCUT2D eigenvalue weighted by Gasteiger charge is -2.36. The molecule has 0 aliphatic carbocycles. The molecule has 1 saturated heterocycles. The number of anilines is 1. The van der Waals surface area contributed by atoms with Crippen molar-refractivity contribution in [1.29, 1.82) is 0 Å². The van der Waals surface area contributed by atoms with Crippen molar-refractivity contribution in [2.24, 2.45) is 0 Å². The van der Waals surface area contributed by atoms with Gasteiger partial charge in [-0.15, -0.1) is 0 Å². The number of hydrogen-bond acceptors (Lipinski definition) is 7. The van der Waals surface area contributed by atoms with Crippen molar-refractivity contribution in [3.05, 3.63) is 71.5 Å². The lowest BCUT2D eigenvalue weighted by Crippen LogP contribution is -2.46. The molecule has 0 unspecified atom stereocenters. The van der Waals surface area contributed by atoms with Gasteiger partial charge in [0.1, 0.15) is 29.4 Å². The van der Waals surface area contributed by atoms with Crippen LogP contribution < -0.4 is 14.4 Å². The van der Waals surface area contributed by atoms with Crippen molar-refractivity contribution in [3.63, 3.8) is 0 Å². The smallest absolute Gasteiger partial charge is 0.155 e. The van der Waals surface area contributed by atoms with Crippen LogP contribution in [0.1, 0.15) is 30.2 Å². The molecule has 0 radical (unpaired) electrons. The molecule has 6 rings (SSSR count). The molecule has 2 aromatic carbocycles. The van der Waals surface area contributed by atoms with Gasteiger partial charge in [0, 0.05) is 54.9 Å². The normalized spacial score (nSPS) is 14.4. The SMILES string of the molecule is CCCN1CCN(c2ccc(C)c(OCc3cc(OC)cc4oc(-c5cn6nc(C)ccc6n5)cc34)c2)CC1. The first-order valence-corrected chi connectivity index (χ1v) is 13.7. The van der Waals surface area contributed by atoms with Gasteiger partial charge in [-0.3, -0.25) is 4.90 Å². The van der Waals surface area contributed by atoms with Crippen LogP contribution in [0.15, 0.2) is 59.1 Å². The molecule has 1 aliphatic rings. The van der Waals surface area contributed by atoms with E-state index in [2.05, 4.69) is 46.9 Å². The highest BCUT2D eigenvalue weighted by Gasteiger charge is 2.19. The Morgan fingerprint density at radius 2 is 1.82 bits per heavy atom. The molecule has 4 heterocycles. The van der Waals surface area contributed by atoms with Crippen molar-refractivity contribution in [2.45, 2.75) is 33.8 Å². The summed E-state index contributed by atoms with van der Waals surface area (Å²) in [7, 11) is 1.67. The van der Waals surface area contributed by atoms with Gasteiger partial charge in [-0.05, 0) is 62.7 Å². The average molecular weight is 526 g/mol. The second-order valence-electron chi connectivity index (χ2n) is 10.3. The molecule has 5 aromatic rings. The Balaban J connectivity index is 1.26. The maximum absolute atomic E-state index is 6.43. The summed E-state index contributed by atoms with van der Waals surface area (Å²) in [6.45, 7) is 12.1. The van der Waals surface area contributed by atoms with E-state index in [1.54, 1.807) is 11.6 Å². The van der Waals surface area contributed by atoms with E-state index >= 15 is 0 Å². The van der Waals surface area contributed by atoms with E-state index < -0.39 is 0 Å². The number of aromatic nitrogens is 3. The second kappa shape index (κ2) is 10.6. The molecule has 8 nitrogen and oxygen atoms in total. The van der Waals surface area contributed by atoms with Gasteiger partial charge in [0.15, 0.2) is 11.4 Å². The van der Waals surface area contributed by atoms with Gasteiger partial charge >= 0.3 is 0 Å². The summed E-state index contributed by atoms with van der Waals surface area (Å²) in [5, 5.41) is 5.49. The van der Waals surface area contributed by atoms with E-state index in [1.165, 1.54) is 18.7 Å². The van der Waals surface area contributed by atoms with Crippen LogP contribution >= 0.6 is 0 Å². The van der Waals surface area contributed by atoms with Crippen molar-refractivity contribution in [1.82, 2.24) is 19.5 Å². The van der Waals surface area contributed by atoms with Gasteiger partial charge in [0.25, 0.3) is 0 Å². The fourth-order valence-corrected chi connectivity index (χ4v) is 5.29. The molecule has 0 N–H and O–H groups in total. The summed E-state index contributed by atoms with van der Waals surface area (Å²) in [5.41, 5.74) is 6.50. The number of rotatable bonds is 8. The van der Waals surface area contributed by atoms with E-state index in [1.807, 2.05) is 43.5 Å². The lowest BCUT2D eigenvalue weighted by molar-refractivity contribution is 0.258. The number of fused-ring (bicyclic) bond motifs is 2. The van der Waals surface area contributed by atoms with Crippen LogP contribution in [0.2, 0.25) is 0 Å². The van der Waals surface area contributed by atoms with Gasteiger partial charge in [-0.25, -0.2) is 9.50 Å². The number of furan rings is 1. The highest BCUT2D eigenvalue weighted by atomic mass is 16.5. The molecule has 1 fully saturated rings. The summed E-state index contributed by atoms with van der Waals surface area (Å²) in [5.74, 6) is 2.30. The third kappa shape index (κ3) is 5.16. The summed E-state index contributed by atoms with van der Waals surface area (Å²) in [4.78, 5) is 9.70. The minimum Gasteiger partial charge on any atom is -0.497 e. The Morgan fingerprint density at radius 3 is 2.62 bits per heavy atom. The maximum atomic E-state index is 6.43. The minimum absolute atomic E-state index is 0.396.